The fourth-order valence-electron chi connectivity index (χ4n) is 3.83. The van der Waals surface area contributed by atoms with Gasteiger partial charge < -0.3 is 5.32 Å². The Morgan fingerprint density at radius 1 is 1.06 bits per heavy atom. The highest BCUT2D eigenvalue weighted by atomic mass is 14.9. The van der Waals surface area contributed by atoms with Crippen LogP contribution in [-0.4, -0.2) is 13.1 Å². The average Bonchev–Trinajstić information content (AvgIpc) is 2.30. The van der Waals surface area contributed by atoms with Gasteiger partial charge in [-0.15, -0.1) is 0 Å². The molecule has 17 heavy (non-hydrogen) atoms. The van der Waals surface area contributed by atoms with E-state index in [4.69, 9.17) is 0 Å². The maximum atomic E-state index is 3.61. The highest BCUT2D eigenvalue weighted by Gasteiger charge is 2.29. The van der Waals surface area contributed by atoms with Crippen molar-refractivity contribution in [2.45, 2.75) is 72.3 Å². The van der Waals surface area contributed by atoms with Crippen LogP contribution >= 0.6 is 0 Å². The lowest BCUT2D eigenvalue weighted by Gasteiger charge is -2.37. The van der Waals surface area contributed by atoms with Crippen LogP contribution in [0.1, 0.15) is 66.2 Å². The van der Waals surface area contributed by atoms with E-state index in [1.807, 2.05) is 0 Å². The molecule has 1 aliphatic carbocycles. The standard InChI is InChI=1S/C16H33N/c1-6-14-7-9-15(10-8-14)16(17-5)13(4)11-12(2)3/h12-17H,6-11H2,1-5H3. The Labute approximate surface area is 109 Å². The molecule has 102 valence electrons. The Morgan fingerprint density at radius 2 is 1.65 bits per heavy atom. The van der Waals surface area contributed by atoms with Crippen LogP contribution in [0, 0.1) is 23.7 Å². The van der Waals surface area contributed by atoms with E-state index in [1.54, 1.807) is 0 Å². The van der Waals surface area contributed by atoms with E-state index in [9.17, 15) is 0 Å². The Hall–Kier alpha value is -0.0400. The smallest absolute Gasteiger partial charge is 0.0118 e. The fourth-order valence-corrected chi connectivity index (χ4v) is 3.83. The highest BCUT2D eigenvalue weighted by Crippen LogP contribution is 2.35. The van der Waals surface area contributed by atoms with Gasteiger partial charge in [0.2, 0.25) is 0 Å². The first-order chi connectivity index (χ1) is 8.08. The third-order valence-corrected chi connectivity index (χ3v) is 4.77. The molecular weight excluding hydrogens is 206 g/mol. The predicted molar refractivity (Wildman–Crippen MR) is 77.2 cm³/mol. The van der Waals surface area contributed by atoms with Crippen molar-refractivity contribution < 1.29 is 0 Å². The lowest BCUT2D eigenvalue weighted by molar-refractivity contribution is 0.176. The monoisotopic (exact) mass is 239 g/mol. The third-order valence-electron chi connectivity index (χ3n) is 4.77. The molecule has 1 rings (SSSR count). The lowest BCUT2D eigenvalue weighted by Crippen LogP contribution is -2.41. The van der Waals surface area contributed by atoms with Gasteiger partial charge in [-0.3, -0.25) is 0 Å². The summed E-state index contributed by atoms with van der Waals surface area (Å²) in [4.78, 5) is 0. The average molecular weight is 239 g/mol. The molecule has 0 heterocycles. The number of rotatable bonds is 6. The van der Waals surface area contributed by atoms with E-state index < -0.39 is 0 Å². The largest absolute Gasteiger partial charge is 0.316 e. The van der Waals surface area contributed by atoms with Gasteiger partial charge in [-0.25, -0.2) is 0 Å². The van der Waals surface area contributed by atoms with Crippen molar-refractivity contribution in [3.8, 4) is 0 Å². The summed E-state index contributed by atoms with van der Waals surface area (Å²) in [5.41, 5.74) is 0. The molecule has 2 unspecified atom stereocenters. The minimum absolute atomic E-state index is 0.746. The van der Waals surface area contributed by atoms with E-state index in [0.717, 1.165) is 29.7 Å². The van der Waals surface area contributed by atoms with Crippen LogP contribution in [0.25, 0.3) is 0 Å². The van der Waals surface area contributed by atoms with Gasteiger partial charge in [0.1, 0.15) is 0 Å². The van der Waals surface area contributed by atoms with Gasteiger partial charge in [0.25, 0.3) is 0 Å². The Morgan fingerprint density at radius 3 is 2.06 bits per heavy atom. The van der Waals surface area contributed by atoms with Gasteiger partial charge in [0.15, 0.2) is 0 Å². The van der Waals surface area contributed by atoms with Crippen molar-refractivity contribution in [2.24, 2.45) is 23.7 Å². The third kappa shape index (κ3) is 4.62. The summed E-state index contributed by atoms with van der Waals surface area (Å²) < 4.78 is 0. The molecular formula is C16H33N. The van der Waals surface area contributed by atoms with Crippen LogP contribution in [-0.2, 0) is 0 Å². The van der Waals surface area contributed by atoms with Crippen LogP contribution < -0.4 is 5.32 Å². The van der Waals surface area contributed by atoms with Gasteiger partial charge in [0.05, 0.1) is 0 Å². The SMILES string of the molecule is CCC1CCC(C(NC)C(C)CC(C)C)CC1. The molecule has 0 saturated heterocycles. The normalized spacial score (nSPS) is 29.3. The summed E-state index contributed by atoms with van der Waals surface area (Å²) in [6.07, 6.45) is 8.58. The minimum Gasteiger partial charge on any atom is -0.316 e. The Bertz CT molecular complexity index is 192. The minimum atomic E-state index is 0.746. The molecule has 0 amide bonds. The summed E-state index contributed by atoms with van der Waals surface area (Å²) in [7, 11) is 2.16. The molecule has 0 aromatic heterocycles. The molecule has 1 heteroatoms. The molecule has 0 bridgehead atoms. The topological polar surface area (TPSA) is 12.0 Å². The zero-order valence-electron chi connectivity index (χ0n) is 12.6. The van der Waals surface area contributed by atoms with E-state index in [-0.39, 0.29) is 0 Å². The fraction of sp³-hybridized carbons (Fsp3) is 1.00. The molecule has 0 spiro atoms. The molecule has 0 aromatic rings. The number of nitrogens with one attached hydrogen (secondary N) is 1. The van der Waals surface area contributed by atoms with Crippen molar-refractivity contribution in [2.75, 3.05) is 7.05 Å². The van der Waals surface area contributed by atoms with E-state index in [2.05, 4.69) is 40.1 Å². The van der Waals surface area contributed by atoms with Gasteiger partial charge in [-0.1, -0.05) is 47.0 Å². The first-order valence-electron chi connectivity index (χ1n) is 7.75. The van der Waals surface area contributed by atoms with Crippen LogP contribution in [0.2, 0.25) is 0 Å². The molecule has 1 saturated carbocycles. The first-order valence-corrected chi connectivity index (χ1v) is 7.75. The Balaban J connectivity index is 2.45. The molecule has 1 aliphatic rings. The van der Waals surface area contributed by atoms with Crippen LogP contribution in [0.4, 0.5) is 0 Å². The van der Waals surface area contributed by atoms with Crippen LogP contribution in [0.15, 0.2) is 0 Å². The summed E-state index contributed by atoms with van der Waals surface area (Å²) in [5, 5.41) is 3.61. The summed E-state index contributed by atoms with van der Waals surface area (Å²) >= 11 is 0. The second kappa shape index (κ2) is 7.41. The summed E-state index contributed by atoms with van der Waals surface area (Å²) in [6.45, 7) is 9.48. The van der Waals surface area contributed by atoms with Gasteiger partial charge in [0, 0.05) is 6.04 Å². The van der Waals surface area contributed by atoms with E-state index in [0.29, 0.717) is 0 Å². The first kappa shape index (κ1) is 15.0. The molecule has 0 aliphatic heterocycles. The van der Waals surface area contributed by atoms with Gasteiger partial charge in [-0.2, -0.15) is 0 Å². The van der Waals surface area contributed by atoms with Crippen molar-refractivity contribution in [1.82, 2.24) is 5.32 Å². The number of hydrogen-bond acceptors (Lipinski definition) is 1. The number of hydrogen-bond donors (Lipinski definition) is 1. The van der Waals surface area contributed by atoms with Crippen molar-refractivity contribution >= 4 is 0 Å². The molecule has 1 N–H and O–H groups in total. The van der Waals surface area contributed by atoms with E-state index in [1.165, 1.54) is 38.5 Å². The second-order valence-electron chi connectivity index (χ2n) is 6.61. The predicted octanol–water partition coefficient (Wildman–Crippen LogP) is 4.47. The quantitative estimate of drug-likeness (QED) is 0.721. The van der Waals surface area contributed by atoms with Crippen molar-refractivity contribution in [1.29, 1.82) is 0 Å². The highest BCUT2D eigenvalue weighted by molar-refractivity contribution is 4.84. The van der Waals surface area contributed by atoms with Crippen LogP contribution in [0.5, 0.6) is 0 Å². The maximum Gasteiger partial charge on any atom is 0.0118 e. The molecule has 2 atom stereocenters. The van der Waals surface area contributed by atoms with Crippen molar-refractivity contribution in [3.05, 3.63) is 0 Å². The van der Waals surface area contributed by atoms with E-state index >= 15 is 0 Å². The van der Waals surface area contributed by atoms with Crippen LogP contribution in [0.3, 0.4) is 0 Å². The summed E-state index contributed by atoms with van der Waals surface area (Å²) in [5.74, 6) is 3.59. The van der Waals surface area contributed by atoms with Gasteiger partial charge >= 0.3 is 0 Å². The summed E-state index contributed by atoms with van der Waals surface area (Å²) in [6, 6.07) is 0.746. The lowest BCUT2D eigenvalue weighted by atomic mass is 9.73. The second-order valence-corrected chi connectivity index (χ2v) is 6.61. The van der Waals surface area contributed by atoms with Crippen molar-refractivity contribution in [3.63, 3.8) is 0 Å². The molecule has 1 nitrogen and oxygen atoms in total. The van der Waals surface area contributed by atoms with Gasteiger partial charge in [-0.05, 0) is 50.0 Å². The molecule has 1 fully saturated rings. The zero-order chi connectivity index (χ0) is 12.8. The molecule has 0 radical (unpaired) electrons. The maximum absolute atomic E-state index is 3.61. The molecule has 0 aromatic carbocycles. The zero-order valence-corrected chi connectivity index (χ0v) is 12.6. The Kier molecular flexibility index (Phi) is 6.54.